The number of rotatable bonds is 6. The summed E-state index contributed by atoms with van der Waals surface area (Å²) >= 11 is 12.6. The molecule has 1 amide bonds. The fourth-order valence-electron chi connectivity index (χ4n) is 4.16. The molecule has 0 aliphatic carbocycles. The number of halogens is 3. The number of methoxy groups -OCH3 is 2. The van der Waals surface area contributed by atoms with Crippen molar-refractivity contribution in [2.75, 3.05) is 19.1 Å². The first-order valence-electron chi connectivity index (χ1n) is 10.7. The predicted molar refractivity (Wildman–Crippen MR) is 136 cm³/mol. The van der Waals surface area contributed by atoms with Crippen molar-refractivity contribution in [3.8, 4) is 17.2 Å². The number of phenols is 1. The molecule has 196 valence electrons. The number of aromatic hydroxyl groups is 1. The summed E-state index contributed by atoms with van der Waals surface area (Å²) in [4.78, 5) is 38.2. The van der Waals surface area contributed by atoms with Crippen LogP contribution in [0.4, 0.5) is 15.8 Å². The highest BCUT2D eigenvalue weighted by molar-refractivity contribution is 6.52. The van der Waals surface area contributed by atoms with E-state index in [1.54, 1.807) is 0 Å². The van der Waals surface area contributed by atoms with E-state index in [0.29, 0.717) is 0 Å². The van der Waals surface area contributed by atoms with Gasteiger partial charge in [0.1, 0.15) is 16.6 Å². The SMILES string of the molecule is COc1c(Cl)cc(/C(O)=C2\C(=O)C(=O)N(c3ccc(F)cc3)C2c2ccc(O)c([N+](=O)[O-])c2)c(OC)c1Cl. The largest absolute Gasteiger partial charge is 0.507 e. The summed E-state index contributed by atoms with van der Waals surface area (Å²) in [6.07, 6.45) is 0. The van der Waals surface area contributed by atoms with Crippen molar-refractivity contribution in [1.29, 1.82) is 0 Å². The molecule has 2 N–H and O–H groups in total. The number of amides is 1. The lowest BCUT2D eigenvalue weighted by atomic mass is 9.94. The molecule has 0 spiro atoms. The number of benzene rings is 3. The first kappa shape index (κ1) is 26.7. The average molecular weight is 563 g/mol. The molecule has 1 fully saturated rings. The van der Waals surface area contributed by atoms with Gasteiger partial charge < -0.3 is 19.7 Å². The van der Waals surface area contributed by atoms with Crippen LogP contribution in [0.15, 0.2) is 54.1 Å². The van der Waals surface area contributed by atoms with Gasteiger partial charge in [-0.3, -0.25) is 24.6 Å². The maximum absolute atomic E-state index is 13.6. The van der Waals surface area contributed by atoms with Crippen molar-refractivity contribution in [3.05, 3.63) is 91.2 Å². The van der Waals surface area contributed by atoms with Gasteiger partial charge in [0.05, 0.1) is 41.3 Å². The van der Waals surface area contributed by atoms with Crippen LogP contribution < -0.4 is 14.4 Å². The van der Waals surface area contributed by atoms with Gasteiger partial charge in [-0.15, -0.1) is 0 Å². The third kappa shape index (κ3) is 4.35. The second-order valence-corrected chi connectivity index (χ2v) is 8.72. The molecular formula is C25H17Cl2FN2O8. The Balaban J connectivity index is 2.05. The minimum atomic E-state index is -1.44. The Bertz CT molecular complexity index is 1520. The number of Topliss-reactive ketones (excluding diaryl/α,β-unsaturated/α-hetero) is 1. The zero-order chi connectivity index (χ0) is 27.9. The monoisotopic (exact) mass is 562 g/mol. The van der Waals surface area contributed by atoms with Crippen molar-refractivity contribution < 1.29 is 38.6 Å². The van der Waals surface area contributed by atoms with Gasteiger partial charge in [-0.05, 0) is 42.0 Å². The molecule has 1 unspecified atom stereocenters. The quantitative estimate of drug-likeness (QED) is 0.134. The Morgan fingerprint density at radius 3 is 2.26 bits per heavy atom. The Labute approximate surface area is 224 Å². The van der Waals surface area contributed by atoms with Crippen LogP contribution >= 0.6 is 23.2 Å². The smallest absolute Gasteiger partial charge is 0.311 e. The van der Waals surface area contributed by atoms with E-state index < -0.39 is 51.2 Å². The van der Waals surface area contributed by atoms with Gasteiger partial charge in [0, 0.05) is 11.8 Å². The van der Waals surface area contributed by atoms with Crippen LogP contribution in [0.5, 0.6) is 17.2 Å². The normalized spacial score (nSPS) is 16.6. The first-order valence-corrected chi connectivity index (χ1v) is 11.4. The summed E-state index contributed by atoms with van der Waals surface area (Å²) in [5, 5.41) is 32.7. The Morgan fingerprint density at radius 1 is 1.05 bits per heavy atom. The van der Waals surface area contributed by atoms with E-state index in [1.165, 1.54) is 38.5 Å². The summed E-state index contributed by atoms with van der Waals surface area (Å²) in [5.41, 5.74) is -1.32. The number of nitro groups is 1. The van der Waals surface area contributed by atoms with Crippen molar-refractivity contribution in [1.82, 2.24) is 0 Å². The van der Waals surface area contributed by atoms with Gasteiger partial charge in [0.2, 0.25) is 0 Å². The minimum Gasteiger partial charge on any atom is -0.507 e. The van der Waals surface area contributed by atoms with Crippen molar-refractivity contribution in [2.45, 2.75) is 6.04 Å². The average Bonchev–Trinajstić information content (AvgIpc) is 3.14. The molecule has 0 radical (unpaired) electrons. The number of nitrogens with zero attached hydrogens (tertiary/aromatic N) is 2. The molecule has 1 atom stereocenters. The number of anilines is 1. The first-order chi connectivity index (χ1) is 18.0. The van der Waals surface area contributed by atoms with Crippen LogP contribution in [0.25, 0.3) is 5.76 Å². The maximum Gasteiger partial charge on any atom is 0.311 e. The molecule has 4 rings (SSSR count). The van der Waals surface area contributed by atoms with Gasteiger partial charge in [-0.1, -0.05) is 29.3 Å². The molecular weight excluding hydrogens is 546 g/mol. The standard InChI is InChI=1S/C25H17Cl2FN2O8/c1-37-23-14(10-15(26)24(38-2)19(23)27)21(32)18-20(11-3-8-17(31)16(9-11)30(35)36)29(25(34)22(18)33)13-6-4-12(28)5-7-13/h3-10,20,31-32H,1-2H3/b21-18+. The molecule has 3 aromatic rings. The van der Waals surface area contributed by atoms with E-state index in [1.807, 2.05) is 0 Å². The summed E-state index contributed by atoms with van der Waals surface area (Å²) in [6.45, 7) is 0. The lowest BCUT2D eigenvalue weighted by Crippen LogP contribution is -2.29. The maximum atomic E-state index is 13.6. The molecule has 1 saturated heterocycles. The topological polar surface area (TPSA) is 139 Å². The van der Waals surface area contributed by atoms with Gasteiger partial charge in [-0.25, -0.2) is 4.39 Å². The fourth-order valence-corrected chi connectivity index (χ4v) is 4.85. The highest BCUT2D eigenvalue weighted by Gasteiger charge is 2.48. The third-order valence-corrected chi connectivity index (χ3v) is 6.48. The Kier molecular flexibility index (Phi) is 7.16. The van der Waals surface area contributed by atoms with Crippen LogP contribution in [-0.4, -0.2) is 41.0 Å². The zero-order valence-electron chi connectivity index (χ0n) is 19.6. The molecule has 0 aromatic heterocycles. The van der Waals surface area contributed by atoms with E-state index in [9.17, 15) is 34.3 Å². The second kappa shape index (κ2) is 10.2. The number of phenolic OH excluding ortho intramolecular Hbond substituents is 1. The number of hydrogen-bond donors (Lipinski definition) is 2. The summed E-state index contributed by atoms with van der Waals surface area (Å²) in [5.74, 6) is -4.39. The van der Waals surface area contributed by atoms with Gasteiger partial charge in [0.15, 0.2) is 17.2 Å². The number of hydrogen-bond acceptors (Lipinski definition) is 8. The lowest BCUT2D eigenvalue weighted by Gasteiger charge is -2.25. The number of nitro benzene ring substituents is 1. The number of carbonyl (C=O) groups excluding carboxylic acids is 2. The molecule has 10 nitrogen and oxygen atoms in total. The molecule has 38 heavy (non-hydrogen) atoms. The summed E-state index contributed by atoms with van der Waals surface area (Å²) < 4.78 is 24.1. The molecule has 1 heterocycles. The summed E-state index contributed by atoms with van der Waals surface area (Å²) in [7, 11) is 2.54. The van der Waals surface area contributed by atoms with Gasteiger partial charge in [-0.2, -0.15) is 0 Å². The predicted octanol–water partition coefficient (Wildman–Crippen LogP) is 5.39. The second-order valence-electron chi connectivity index (χ2n) is 7.94. The Hall–Kier alpha value is -4.35. The molecule has 3 aromatic carbocycles. The summed E-state index contributed by atoms with van der Waals surface area (Å²) in [6, 6.07) is 7.54. The van der Waals surface area contributed by atoms with Crippen molar-refractivity contribution in [2.24, 2.45) is 0 Å². The van der Waals surface area contributed by atoms with E-state index in [-0.39, 0.29) is 38.4 Å². The number of ether oxygens (including phenoxy) is 2. The van der Waals surface area contributed by atoms with Crippen molar-refractivity contribution in [3.63, 3.8) is 0 Å². The van der Waals surface area contributed by atoms with Crippen LogP contribution in [0.3, 0.4) is 0 Å². The Morgan fingerprint density at radius 2 is 1.68 bits per heavy atom. The highest BCUT2D eigenvalue weighted by Crippen LogP contribution is 2.48. The van der Waals surface area contributed by atoms with Crippen LogP contribution in [-0.2, 0) is 9.59 Å². The third-order valence-electron chi connectivity index (χ3n) is 5.86. The van der Waals surface area contributed by atoms with Crippen LogP contribution in [0.1, 0.15) is 17.2 Å². The van der Waals surface area contributed by atoms with E-state index in [0.717, 1.165) is 29.2 Å². The van der Waals surface area contributed by atoms with Gasteiger partial charge >= 0.3 is 5.69 Å². The number of aliphatic hydroxyl groups excluding tert-OH is 1. The molecule has 0 bridgehead atoms. The molecule has 13 heteroatoms. The van der Waals surface area contributed by atoms with Crippen LogP contribution in [0.2, 0.25) is 10.0 Å². The fraction of sp³-hybridized carbons (Fsp3) is 0.120. The van der Waals surface area contributed by atoms with E-state index in [4.69, 9.17) is 32.7 Å². The highest BCUT2D eigenvalue weighted by atomic mass is 35.5. The van der Waals surface area contributed by atoms with Crippen LogP contribution in [0, 0.1) is 15.9 Å². The van der Waals surface area contributed by atoms with Gasteiger partial charge in [0.25, 0.3) is 11.7 Å². The molecule has 0 saturated carbocycles. The molecule has 1 aliphatic rings. The van der Waals surface area contributed by atoms with E-state index >= 15 is 0 Å². The molecule has 1 aliphatic heterocycles. The number of carbonyl (C=O) groups is 2. The number of ketones is 1. The zero-order valence-corrected chi connectivity index (χ0v) is 21.1. The minimum absolute atomic E-state index is 0.00996. The van der Waals surface area contributed by atoms with E-state index in [2.05, 4.69) is 0 Å². The number of aliphatic hydroxyl groups is 1. The van der Waals surface area contributed by atoms with Crippen molar-refractivity contribution >= 4 is 52.0 Å². The lowest BCUT2D eigenvalue weighted by molar-refractivity contribution is -0.385.